The number of hydrogen-bond donors (Lipinski definition) is 1. The Kier molecular flexibility index (Phi) is 6.93. The molecular formula is C31H40N4. The van der Waals surface area contributed by atoms with E-state index in [0.717, 1.165) is 61.5 Å². The summed E-state index contributed by atoms with van der Waals surface area (Å²) >= 11 is 0. The summed E-state index contributed by atoms with van der Waals surface area (Å²) in [4.78, 5) is 10.4. The van der Waals surface area contributed by atoms with E-state index in [9.17, 15) is 0 Å². The molecule has 4 aromatic rings. The van der Waals surface area contributed by atoms with Crippen molar-refractivity contribution in [2.45, 2.75) is 79.3 Å². The number of rotatable bonds is 10. The van der Waals surface area contributed by atoms with Crippen molar-refractivity contribution in [2.24, 2.45) is 11.3 Å². The van der Waals surface area contributed by atoms with Crippen LogP contribution in [-0.2, 0) is 25.9 Å². The molecule has 5 rings (SSSR count). The predicted octanol–water partition coefficient (Wildman–Crippen LogP) is 7.06. The van der Waals surface area contributed by atoms with Crippen LogP contribution in [-0.4, -0.2) is 21.1 Å². The largest absolute Gasteiger partial charge is 0.323 e. The first-order valence-corrected chi connectivity index (χ1v) is 13.5. The van der Waals surface area contributed by atoms with Crippen LogP contribution in [0.1, 0.15) is 76.0 Å². The standard InChI is InChI=1S/C31H40N4/c1-5-6-11-28-34-29-27(18-31(2,3)4)33-26-10-8-7-9-25(26)30(29)35(28)21-24-16-14-23(15-17-24)20-32-19-22-12-13-22/h7-10,14-17,22,32H,5-6,11-13,18-21H2,1-4H3. The van der Waals surface area contributed by atoms with E-state index in [2.05, 4.69) is 86.1 Å². The van der Waals surface area contributed by atoms with Gasteiger partial charge in [-0.05, 0) is 60.8 Å². The maximum absolute atomic E-state index is 5.25. The van der Waals surface area contributed by atoms with Crippen molar-refractivity contribution in [1.82, 2.24) is 19.9 Å². The van der Waals surface area contributed by atoms with Crippen LogP contribution in [0.5, 0.6) is 0 Å². The van der Waals surface area contributed by atoms with Gasteiger partial charge in [0.2, 0.25) is 0 Å². The molecule has 2 heterocycles. The lowest BCUT2D eigenvalue weighted by Gasteiger charge is -2.18. The van der Waals surface area contributed by atoms with E-state index >= 15 is 0 Å². The molecule has 1 aliphatic rings. The fourth-order valence-corrected chi connectivity index (χ4v) is 4.95. The number of imidazole rings is 1. The first kappa shape index (κ1) is 24.0. The maximum Gasteiger partial charge on any atom is 0.111 e. The van der Waals surface area contributed by atoms with Crippen molar-refractivity contribution in [1.29, 1.82) is 0 Å². The molecule has 0 radical (unpaired) electrons. The number of para-hydroxylation sites is 1. The van der Waals surface area contributed by atoms with Crippen LogP contribution in [0.3, 0.4) is 0 Å². The number of aryl methyl sites for hydroxylation is 1. The van der Waals surface area contributed by atoms with Gasteiger partial charge in [-0.15, -0.1) is 0 Å². The van der Waals surface area contributed by atoms with Gasteiger partial charge in [-0.1, -0.05) is 76.6 Å². The minimum absolute atomic E-state index is 0.152. The number of fused-ring (bicyclic) bond motifs is 3. The fourth-order valence-electron chi connectivity index (χ4n) is 4.95. The lowest BCUT2D eigenvalue weighted by molar-refractivity contribution is 0.408. The Labute approximate surface area is 210 Å². The molecule has 1 aliphatic carbocycles. The summed E-state index contributed by atoms with van der Waals surface area (Å²) < 4.78 is 2.47. The normalized spacial score (nSPS) is 14.3. The number of aromatic nitrogens is 3. The number of nitrogens with one attached hydrogen (secondary N) is 1. The predicted molar refractivity (Wildman–Crippen MR) is 147 cm³/mol. The Hall–Kier alpha value is -2.72. The average molecular weight is 469 g/mol. The highest BCUT2D eigenvalue weighted by Gasteiger charge is 2.22. The first-order valence-electron chi connectivity index (χ1n) is 13.5. The Morgan fingerprint density at radius 1 is 0.971 bits per heavy atom. The van der Waals surface area contributed by atoms with Gasteiger partial charge >= 0.3 is 0 Å². The second-order valence-electron chi connectivity index (χ2n) is 11.6. The van der Waals surface area contributed by atoms with Gasteiger partial charge in [0.25, 0.3) is 0 Å². The van der Waals surface area contributed by atoms with E-state index in [0.29, 0.717) is 0 Å². The Balaban J connectivity index is 1.53. The molecule has 0 atom stereocenters. The Morgan fingerprint density at radius 3 is 2.43 bits per heavy atom. The van der Waals surface area contributed by atoms with Gasteiger partial charge in [0.15, 0.2) is 0 Å². The van der Waals surface area contributed by atoms with Gasteiger partial charge in [0.05, 0.1) is 16.7 Å². The molecular weight excluding hydrogens is 428 g/mol. The minimum atomic E-state index is 0.152. The minimum Gasteiger partial charge on any atom is -0.323 e. The molecule has 0 aliphatic heterocycles. The van der Waals surface area contributed by atoms with Gasteiger partial charge < -0.3 is 9.88 Å². The van der Waals surface area contributed by atoms with Crippen LogP contribution >= 0.6 is 0 Å². The fraction of sp³-hybridized carbons (Fsp3) is 0.484. The Morgan fingerprint density at radius 2 is 1.71 bits per heavy atom. The maximum atomic E-state index is 5.25. The average Bonchev–Trinajstić information content (AvgIpc) is 3.58. The molecule has 4 heteroatoms. The van der Waals surface area contributed by atoms with Gasteiger partial charge in [-0.3, -0.25) is 4.98 Å². The SMILES string of the molecule is CCCCc1nc2c(CC(C)(C)C)nc3ccccc3c2n1Cc1ccc(CNCC2CC2)cc1. The number of benzene rings is 2. The summed E-state index contributed by atoms with van der Waals surface area (Å²) in [6.07, 6.45) is 7.02. The van der Waals surface area contributed by atoms with Crippen LogP contribution in [0.4, 0.5) is 0 Å². The zero-order valence-corrected chi connectivity index (χ0v) is 21.9. The molecule has 1 saturated carbocycles. The van der Waals surface area contributed by atoms with Gasteiger partial charge in [0, 0.05) is 24.9 Å². The lowest BCUT2D eigenvalue weighted by Crippen LogP contribution is -2.16. The molecule has 0 unspecified atom stereocenters. The number of hydrogen-bond acceptors (Lipinski definition) is 3. The van der Waals surface area contributed by atoms with E-state index in [4.69, 9.17) is 9.97 Å². The molecule has 0 saturated heterocycles. The highest BCUT2D eigenvalue weighted by Crippen LogP contribution is 2.32. The third-order valence-electron chi connectivity index (χ3n) is 7.01. The molecule has 184 valence electrons. The molecule has 0 bridgehead atoms. The smallest absolute Gasteiger partial charge is 0.111 e. The van der Waals surface area contributed by atoms with Crippen LogP contribution in [0.25, 0.3) is 21.9 Å². The molecule has 0 amide bonds. The third kappa shape index (κ3) is 5.75. The molecule has 1 fully saturated rings. The summed E-state index contributed by atoms with van der Waals surface area (Å²) in [7, 11) is 0. The van der Waals surface area contributed by atoms with Crippen LogP contribution < -0.4 is 5.32 Å². The summed E-state index contributed by atoms with van der Waals surface area (Å²) in [5.41, 5.74) is 7.37. The van der Waals surface area contributed by atoms with Crippen LogP contribution in [0, 0.1) is 11.3 Å². The van der Waals surface area contributed by atoms with Gasteiger partial charge in [0.1, 0.15) is 11.3 Å². The number of unbranched alkanes of at least 4 members (excludes halogenated alkanes) is 1. The van der Waals surface area contributed by atoms with E-state index in [-0.39, 0.29) is 5.41 Å². The second kappa shape index (κ2) is 10.1. The Bertz CT molecular complexity index is 1290. The van der Waals surface area contributed by atoms with Gasteiger partial charge in [-0.2, -0.15) is 0 Å². The highest BCUT2D eigenvalue weighted by atomic mass is 15.1. The van der Waals surface area contributed by atoms with Crippen molar-refractivity contribution < 1.29 is 0 Å². The third-order valence-corrected chi connectivity index (χ3v) is 7.01. The van der Waals surface area contributed by atoms with E-state index in [1.807, 2.05) is 0 Å². The zero-order valence-electron chi connectivity index (χ0n) is 21.9. The van der Waals surface area contributed by atoms with Crippen molar-refractivity contribution in [3.05, 3.63) is 71.2 Å². The quantitative estimate of drug-likeness (QED) is 0.271. The van der Waals surface area contributed by atoms with Gasteiger partial charge in [-0.25, -0.2) is 4.98 Å². The molecule has 2 aromatic heterocycles. The molecule has 0 spiro atoms. The number of nitrogens with zero attached hydrogens (tertiary/aromatic N) is 3. The van der Waals surface area contributed by atoms with Crippen LogP contribution in [0.2, 0.25) is 0 Å². The summed E-state index contributed by atoms with van der Waals surface area (Å²) in [6.45, 7) is 12.1. The molecule has 2 aromatic carbocycles. The lowest BCUT2D eigenvalue weighted by atomic mass is 9.89. The van der Waals surface area contributed by atoms with E-state index in [1.54, 1.807) is 0 Å². The molecule has 1 N–H and O–H groups in total. The topological polar surface area (TPSA) is 42.7 Å². The van der Waals surface area contributed by atoms with E-state index in [1.165, 1.54) is 47.1 Å². The van der Waals surface area contributed by atoms with E-state index < -0.39 is 0 Å². The molecule has 35 heavy (non-hydrogen) atoms. The summed E-state index contributed by atoms with van der Waals surface area (Å²) in [6, 6.07) is 17.7. The molecule has 4 nitrogen and oxygen atoms in total. The summed E-state index contributed by atoms with van der Waals surface area (Å²) in [5.74, 6) is 2.10. The first-order chi connectivity index (χ1) is 16.9. The number of pyridine rings is 1. The highest BCUT2D eigenvalue weighted by molar-refractivity contribution is 6.03. The van der Waals surface area contributed by atoms with Crippen molar-refractivity contribution in [3.8, 4) is 0 Å². The van der Waals surface area contributed by atoms with Crippen LogP contribution in [0.15, 0.2) is 48.5 Å². The van der Waals surface area contributed by atoms with Crippen molar-refractivity contribution >= 4 is 21.9 Å². The monoisotopic (exact) mass is 468 g/mol. The van der Waals surface area contributed by atoms with Crippen molar-refractivity contribution in [3.63, 3.8) is 0 Å². The van der Waals surface area contributed by atoms with Crippen molar-refractivity contribution in [2.75, 3.05) is 6.54 Å². The second-order valence-corrected chi connectivity index (χ2v) is 11.6. The zero-order chi connectivity index (χ0) is 24.4. The summed E-state index contributed by atoms with van der Waals surface area (Å²) in [5, 5.41) is 4.81.